The molecule has 0 spiro atoms. The first kappa shape index (κ1) is 12.0. The highest BCUT2D eigenvalue weighted by atomic mass is 79.9. The average Bonchev–Trinajstić information content (AvgIpc) is 2.63. The van der Waals surface area contributed by atoms with Crippen LogP contribution in [-0.4, -0.2) is 29.0 Å². The van der Waals surface area contributed by atoms with Gasteiger partial charge in [0.15, 0.2) is 0 Å². The van der Waals surface area contributed by atoms with Crippen molar-refractivity contribution in [2.45, 2.75) is 25.9 Å². The van der Waals surface area contributed by atoms with Crippen molar-refractivity contribution in [2.24, 2.45) is 11.7 Å². The van der Waals surface area contributed by atoms with Crippen molar-refractivity contribution in [3.8, 4) is 0 Å². The van der Waals surface area contributed by atoms with E-state index in [4.69, 9.17) is 5.73 Å². The lowest BCUT2D eigenvalue weighted by Crippen LogP contribution is -2.27. The average molecular weight is 284 g/mol. The number of aromatic nitrogens is 1. The van der Waals surface area contributed by atoms with Gasteiger partial charge in [0.05, 0.1) is 5.69 Å². The topological polar surface area (TPSA) is 42.1 Å². The van der Waals surface area contributed by atoms with Gasteiger partial charge in [-0.3, -0.25) is 9.88 Å². The van der Waals surface area contributed by atoms with E-state index in [1.807, 2.05) is 12.3 Å². The molecule has 1 aromatic rings. The highest BCUT2D eigenvalue weighted by Gasteiger charge is 2.27. The summed E-state index contributed by atoms with van der Waals surface area (Å²) in [6.45, 7) is 5.11. The Bertz CT molecular complexity index is 339. The van der Waals surface area contributed by atoms with E-state index in [2.05, 4.69) is 38.8 Å². The molecule has 3 nitrogen and oxygen atoms in total. The van der Waals surface area contributed by atoms with Gasteiger partial charge in [-0.25, -0.2) is 0 Å². The fourth-order valence-electron chi connectivity index (χ4n) is 2.32. The second kappa shape index (κ2) is 5.25. The van der Waals surface area contributed by atoms with Crippen LogP contribution in [0.3, 0.4) is 0 Å². The number of hydrogen-bond acceptors (Lipinski definition) is 3. The second-order valence-corrected chi connectivity index (χ2v) is 5.50. The fraction of sp³-hybridized carbons (Fsp3) is 0.583. The van der Waals surface area contributed by atoms with Crippen molar-refractivity contribution < 1.29 is 0 Å². The number of nitrogens with zero attached hydrogens (tertiary/aromatic N) is 2. The van der Waals surface area contributed by atoms with Crippen LogP contribution in [0.2, 0.25) is 0 Å². The monoisotopic (exact) mass is 283 g/mol. The molecule has 1 aromatic heterocycles. The lowest BCUT2D eigenvalue weighted by molar-refractivity contribution is 0.253. The van der Waals surface area contributed by atoms with Gasteiger partial charge in [0, 0.05) is 29.8 Å². The van der Waals surface area contributed by atoms with E-state index in [0.717, 1.165) is 29.8 Å². The van der Waals surface area contributed by atoms with Crippen LogP contribution in [0.25, 0.3) is 0 Å². The molecule has 0 amide bonds. The summed E-state index contributed by atoms with van der Waals surface area (Å²) in [6, 6.07) is 4.75. The van der Waals surface area contributed by atoms with E-state index in [-0.39, 0.29) is 0 Å². The Labute approximate surface area is 105 Å². The van der Waals surface area contributed by atoms with Crippen molar-refractivity contribution in [3.05, 3.63) is 28.5 Å². The van der Waals surface area contributed by atoms with Gasteiger partial charge in [0.1, 0.15) is 0 Å². The van der Waals surface area contributed by atoms with Crippen LogP contribution in [0.5, 0.6) is 0 Å². The van der Waals surface area contributed by atoms with Gasteiger partial charge in [-0.1, -0.05) is 0 Å². The van der Waals surface area contributed by atoms with Crippen LogP contribution in [0.4, 0.5) is 0 Å². The number of nitrogens with two attached hydrogens (primary N) is 1. The Morgan fingerprint density at radius 3 is 2.94 bits per heavy atom. The number of likely N-dealkylation sites (tertiary alicyclic amines) is 1. The molecule has 4 heteroatoms. The number of pyridine rings is 1. The van der Waals surface area contributed by atoms with E-state index in [9.17, 15) is 0 Å². The minimum atomic E-state index is 0.624. The molecule has 88 valence electrons. The van der Waals surface area contributed by atoms with Crippen molar-refractivity contribution in [3.63, 3.8) is 0 Å². The van der Waals surface area contributed by atoms with Gasteiger partial charge in [-0.2, -0.15) is 0 Å². The summed E-state index contributed by atoms with van der Waals surface area (Å²) in [4.78, 5) is 6.87. The molecule has 2 N–H and O–H groups in total. The highest BCUT2D eigenvalue weighted by Crippen LogP contribution is 2.23. The summed E-state index contributed by atoms with van der Waals surface area (Å²) in [5.41, 5.74) is 6.86. The van der Waals surface area contributed by atoms with Gasteiger partial charge in [-0.15, -0.1) is 0 Å². The molecule has 16 heavy (non-hydrogen) atoms. The second-order valence-electron chi connectivity index (χ2n) is 4.58. The quantitative estimate of drug-likeness (QED) is 0.923. The number of rotatable bonds is 3. The predicted octanol–water partition coefficient (Wildman–Crippen LogP) is 2.01. The molecule has 2 atom stereocenters. The molecule has 1 aliphatic heterocycles. The third kappa shape index (κ3) is 2.81. The van der Waals surface area contributed by atoms with Gasteiger partial charge < -0.3 is 5.73 Å². The van der Waals surface area contributed by atoms with Gasteiger partial charge >= 0.3 is 0 Å². The van der Waals surface area contributed by atoms with E-state index in [0.29, 0.717) is 12.0 Å². The maximum Gasteiger partial charge on any atom is 0.0544 e. The number of hydrogen-bond donors (Lipinski definition) is 1. The van der Waals surface area contributed by atoms with Crippen LogP contribution in [0.1, 0.15) is 19.0 Å². The summed E-state index contributed by atoms with van der Waals surface area (Å²) in [5, 5.41) is 0. The van der Waals surface area contributed by atoms with Crippen LogP contribution in [0, 0.1) is 5.92 Å². The third-order valence-electron chi connectivity index (χ3n) is 3.28. The zero-order valence-corrected chi connectivity index (χ0v) is 11.2. The lowest BCUT2D eigenvalue weighted by Gasteiger charge is -2.20. The minimum Gasteiger partial charge on any atom is -0.330 e. The van der Waals surface area contributed by atoms with Crippen molar-refractivity contribution in [1.82, 2.24) is 9.88 Å². The zero-order valence-electron chi connectivity index (χ0n) is 9.56. The van der Waals surface area contributed by atoms with Crippen LogP contribution >= 0.6 is 15.9 Å². The molecule has 1 saturated heterocycles. The van der Waals surface area contributed by atoms with Crippen molar-refractivity contribution >= 4 is 15.9 Å². The van der Waals surface area contributed by atoms with Gasteiger partial charge in [0.2, 0.25) is 0 Å². The smallest absolute Gasteiger partial charge is 0.0544 e. The first-order valence-electron chi connectivity index (χ1n) is 5.73. The zero-order chi connectivity index (χ0) is 11.5. The van der Waals surface area contributed by atoms with Gasteiger partial charge in [-0.05, 0) is 53.9 Å². The molecule has 0 aliphatic carbocycles. The van der Waals surface area contributed by atoms with E-state index >= 15 is 0 Å². The summed E-state index contributed by atoms with van der Waals surface area (Å²) in [7, 11) is 0. The molecule has 0 radical (unpaired) electrons. The van der Waals surface area contributed by atoms with Crippen molar-refractivity contribution in [1.29, 1.82) is 0 Å². The maximum atomic E-state index is 5.72. The molecule has 1 fully saturated rings. The lowest BCUT2D eigenvalue weighted by atomic mass is 10.1. The maximum absolute atomic E-state index is 5.72. The molecule has 0 bridgehead atoms. The molecule has 2 heterocycles. The predicted molar refractivity (Wildman–Crippen MR) is 69.0 cm³/mol. The Kier molecular flexibility index (Phi) is 3.95. The molecule has 2 rings (SSSR count). The van der Waals surface area contributed by atoms with Crippen LogP contribution in [0.15, 0.2) is 22.8 Å². The standard InChI is InChI=1S/C12H18BrN3/c1-9-4-10(5-14)7-16(9)8-12-3-2-11(13)6-15-12/h2-3,6,9-10H,4-5,7-8,14H2,1H3. The molecule has 0 aromatic carbocycles. The molecular weight excluding hydrogens is 266 g/mol. The fourth-order valence-corrected chi connectivity index (χ4v) is 2.55. The molecule has 1 aliphatic rings. The van der Waals surface area contributed by atoms with E-state index in [1.54, 1.807) is 0 Å². The largest absolute Gasteiger partial charge is 0.330 e. The Morgan fingerprint density at radius 2 is 2.38 bits per heavy atom. The highest BCUT2D eigenvalue weighted by molar-refractivity contribution is 9.10. The molecular formula is C12H18BrN3. The Balaban J connectivity index is 1.97. The Hall–Kier alpha value is -0.450. The summed E-state index contributed by atoms with van der Waals surface area (Å²) in [6.07, 6.45) is 3.07. The van der Waals surface area contributed by atoms with E-state index < -0.39 is 0 Å². The normalized spacial score (nSPS) is 26.2. The summed E-state index contributed by atoms with van der Waals surface area (Å²) < 4.78 is 1.03. The van der Waals surface area contributed by atoms with Crippen molar-refractivity contribution in [2.75, 3.05) is 13.1 Å². The first-order chi connectivity index (χ1) is 7.69. The summed E-state index contributed by atoms with van der Waals surface area (Å²) >= 11 is 3.40. The Morgan fingerprint density at radius 1 is 1.56 bits per heavy atom. The van der Waals surface area contributed by atoms with Crippen LogP contribution < -0.4 is 5.73 Å². The molecule has 0 saturated carbocycles. The first-order valence-corrected chi connectivity index (χ1v) is 6.53. The third-order valence-corrected chi connectivity index (χ3v) is 3.75. The van der Waals surface area contributed by atoms with E-state index in [1.165, 1.54) is 6.42 Å². The van der Waals surface area contributed by atoms with Gasteiger partial charge in [0.25, 0.3) is 0 Å². The minimum absolute atomic E-state index is 0.624. The number of halogens is 1. The SMILES string of the molecule is CC1CC(CN)CN1Cc1ccc(Br)cn1. The molecule has 2 unspecified atom stereocenters. The summed E-state index contributed by atoms with van der Waals surface area (Å²) in [5.74, 6) is 0.658. The van der Waals surface area contributed by atoms with Crippen LogP contribution in [-0.2, 0) is 6.54 Å².